The average Bonchev–Trinajstić information content (AvgIpc) is 2.58. The van der Waals surface area contributed by atoms with E-state index < -0.39 is 18.3 Å². The predicted octanol–water partition coefficient (Wildman–Crippen LogP) is 1.88. The van der Waals surface area contributed by atoms with Gasteiger partial charge in [0.05, 0.1) is 12.1 Å². The minimum atomic E-state index is -2.80. The van der Waals surface area contributed by atoms with Crippen molar-refractivity contribution in [3.05, 3.63) is 23.6 Å². The lowest BCUT2D eigenvalue weighted by Gasteiger charge is -2.18. The zero-order valence-corrected chi connectivity index (χ0v) is 8.29. The van der Waals surface area contributed by atoms with Gasteiger partial charge < -0.3 is 4.90 Å². The van der Waals surface area contributed by atoms with Crippen molar-refractivity contribution in [2.24, 2.45) is 0 Å². The van der Waals surface area contributed by atoms with Crippen LogP contribution in [-0.2, 0) is 0 Å². The van der Waals surface area contributed by atoms with Crippen LogP contribution >= 0.6 is 0 Å². The Bertz CT molecular complexity index is 423. The lowest BCUT2D eigenvalue weighted by Crippen LogP contribution is -2.26. The Labute approximate surface area is 89.9 Å². The van der Waals surface area contributed by atoms with Gasteiger partial charge in [-0.15, -0.1) is 0 Å². The van der Waals surface area contributed by atoms with Crippen molar-refractivity contribution in [3.8, 4) is 0 Å². The second-order valence-electron chi connectivity index (χ2n) is 3.68. The number of nitrogens with zero attached hydrogens (tertiary/aromatic N) is 2. The summed E-state index contributed by atoms with van der Waals surface area (Å²) in [7, 11) is 0. The van der Waals surface area contributed by atoms with E-state index in [1.807, 2.05) is 0 Å². The summed E-state index contributed by atoms with van der Waals surface area (Å²) in [5, 5.41) is 0. The third-order valence-corrected chi connectivity index (χ3v) is 2.50. The molecule has 1 fully saturated rings. The monoisotopic (exact) mass is 230 g/mol. The molecule has 2 rings (SSSR count). The molecule has 1 aromatic rings. The van der Waals surface area contributed by atoms with E-state index in [1.54, 1.807) is 0 Å². The zero-order valence-electron chi connectivity index (χ0n) is 8.29. The molecule has 2 heterocycles. The molecule has 1 aliphatic heterocycles. The molecule has 3 nitrogen and oxygen atoms in total. The maximum absolute atomic E-state index is 13.2. The van der Waals surface area contributed by atoms with E-state index in [2.05, 4.69) is 4.98 Å². The summed E-state index contributed by atoms with van der Waals surface area (Å²) in [6, 6.07) is 1.03. The van der Waals surface area contributed by atoms with Gasteiger partial charge in [-0.1, -0.05) is 0 Å². The molecule has 6 heteroatoms. The molecule has 0 aromatic carbocycles. The number of carbonyl (C=O) groups is 1. The van der Waals surface area contributed by atoms with Gasteiger partial charge >= 0.3 is 0 Å². The van der Waals surface area contributed by atoms with Gasteiger partial charge in [-0.05, 0) is 6.07 Å². The standard InChI is InChI=1S/C10H9F3N2O/c11-8-1-3-14-9(7(8)5-16)15-4-2-10(12,13)6-15/h1,3,5H,2,4,6H2. The number of aromatic nitrogens is 1. The van der Waals surface area contributed by atoms with Crippen LogP contribution in [-0.4, -0.2) is 30.3 Å². The Balaban J connectivity index is 2.35. The number of hydrogen-bond acceptors (Lipinski definition) is 3. The second kappa shape index (κ2) is 3.77. The van der Waals surface area contributed by atoms with Gasteiger partial charge in [0, 0.05) is 19.2 Å². The van der Waals surface area contributed by atoms with Crippen molar-refractivity contribution in [2.75, 3.05) is 18.0 Å². The predicted molar refractivity (Wildman–Crippen MR) is 51.4 cm³/mol. The number of pyridine rings is 1. The molecule has 0 aliphatic carbocycles. The Hall–Kier alpha value is -1.59. The largest absolute Gasteiger partial charge is 0.350 e. The maximum Gasteiger partial charge on any atom is 0.266 e. The van der Waals surface area contributed by atoms with Crippen LogP contribution in [0.25, 0.3) is 0 Å². The van der Waals surface area contributed by atoms with E-state index in [0.717, 1.165) is 12.3 Å². The highest BCUT2D eigenvalue weighted by atomic mass is 19.3. The first-order valence-corrected chi connectivity index (χ1v) is 4.76. The SMILES string of the molecule is O=Cc1c(F)ccnc1N1CCC(F)(F)C1. The van der Waals surface area contributed by atoms with Gasteiger partial charge in [0.1, 0.15) is 11.6 Å². The summed E-state index contributed by atoms with van der Waals surface area (Å²) in [6.07, 6.45) is 1.16. The van der Waals surface area contributed by atoms with Crippen LogP contribution in [0.4, 0.5) is 19.0 Å². The Morgan fingerprint density at radius 1 is 1.50 bits per heavy atom. The van der Waals surface area contributed by atoms with Gasteiger partial charge in [-0.25, -0.2) is 18.2 Å². The summed E-state index contributed by atoms with van der Waals surface area (Å²) in [4.78, 5) is 15.7. The number of anilines is 1. The molecule has 16 heavy (non-hydrogen) atoms. The fraction of sp³-hybridized carbons (Fsp3) is 0.400. The molecule has 0 bridgehead atoms. The number of halogens is 3. The number of rotatable bonds is 2. The normalized spacial score (nSPS) is 18.8. The fourth-order valence-corrected chi connectivity index (χ4v) is 1.72. The van der Waals surface area contributed by atoms with Crippen molar-refractivity contribution < 1.29 is 18.0 Å². The molecular weight excluding hydrogens is 221 g/mol. The molecule has 0 radical (unpaired) electrons. The fourth-order valence-electron chi connectivity index (χ4n) is 1.72. The molecule has 0 unspecified atom stereocenters. The van der Waals surface area contributed by atoms with Crippen LogP contribution in [0.2, 0.25) is 0 Å². The quantitative estimate of drug-likeness (QED) is 0.727. The van der Waals surface area contributed by atoms with E-state index in [4.69, 9.17) is 0 Å². The molecule has 1 aromatic heterocycles. The van der Waals surface area contributed by atoms with Gasteiger partial charge in [0.2, 0.25) is 0 Å². The minimum Gasteiger partial charge on any atom is -0.350 e. The first-order valence-electron chi connectivity index (χ1n) is 4.76. The maximum atomic E-state index is 13.2. The average molecular weight is 230 g/mol. The van der Waals surface area contributed by atoms with Gasteiger partial charge in [-0.2, -0.15) is 0 Å². The van der Waals surface area contributed by atoms with Gasteiger partial charge in [-0.3, -0.25) is 4.79 Å². The van der Waals surface area contributed by atoms with Gasteiger partial charge in [0.25, 0.3) is 5.92 Å². The molecular formula is C10H9F3N2O. The van der Waals surface area contributed by atoms with Crippen LogP contribution < -0.4 is 4.90 Å². The number of carbonyl (C=O) groups excluding carboxylic acids is 1. The van der Waals surface area contributed by atoms with E-state index in [1.165, 1.54) is 4.90 Å². The first-order chi connectivity index (χ1) is 7.53. The molecule has 0 spiro atoms. The molecule has 0 amide bonds. The lowest BCUT2D eigenvalue weighted by molar-refractivity contribution is 0.0256. The Kier molecular flexibility index (Phi) is 2.57. The first kappa shape index (κ1) is 10.9. The Morgan fingerprint density at radius 2 is 2.25 bits per heavy atom. The third-order valence-electron chi connectivity index (χ3n) is 2.50. The highest BCUT2D eigenvalue weighted by Crippen LogP contribution is 2.31. The van der Waals surface area contributed by atoms with Crippen LogP contribution in [0.5, 0.6) is 0 Å². The van der Waals surface area contributed by atoms with E-state index in [-0.39, 0.29) is 24.3 Å². The van der Waals surface area contributed by atoms with Crippen molar-refractivity contribution in [1.29, 1.82) is 0 Å². The van der Waals surface area contributed by atoms with Crippen LogP contribution in [0.1, 0.15) is 16.8 Å². The molecule has 0 saturated carbocycles. The number of aldehydes is 1. The number of hydrogen-bond donors (Lipinski definition) is 0. The van der Waals surface area contributed by atoms with Crippen molar-refractivity contribution >= 4 is 12.1 Å². The van der Waals surface area contributed by atoms with Crippen molar-refractivity contribution in [2.45, 2.75) is 12.3 Å². The molecule has 0 atom stereocenters. The molecule has 1 saturated heterocycles. The Morgan fingerprint density at radius 3 is 2.81 bits per heavy atom. The topological polar surface area (TPSA) is 33.2 Å². The van der Waals surface area contributed by atoms with Crippen LogP contribution in [0.15, 0.2) is 12.3 Å². The van der Waals surface area contributed by atoms with Crippen molar-refractivity contribution in [1.82, 2.24) is 4.98 Å². The van der Waals surface area contributed by atoms with Crippen LogP contribution in [0, 0.1) is 5.82 Å². The third kappa shape index (κ3) is 1.87. The summed E-state index contributed by atoms with van der Waals surface area (Å²) < 4.78 is 39.1. The summed E-state index contributed by atoms with van der Waals surface area (Å²) in [5.41, 5.74) is -0.264. The lowest BCUT2D eigenvalue weighted by atomic mass is 10.2. The summed E-state index contributed by atoms with van der Waals surface area (Å²) in [5.74, 6) is -3.55. The van der Waals surface area contributed by atoms with Gasteiger partial charge in [0.15, 0.2) is 6.29 Å². The smallest absolute Gasteiger partial charge is 0.266 e. The highest BCUT2D eigenvalue weighted by molar-refractivity contribution is 5.83. The molecule has 86 valence electrons. The molecule has 1 aliphatic rings. The minimum absolute atomic E-state index is 0.00725. The van der Waals surface area contributed by atoms with E-state index in [9.17, 15) is 18.0 Å². The van der Waals surface area contributed by atoms with E-state index >= 15 is 0 Å². The van der Waals surface area contributed by atoms with Crippen molar-refractivity contribution in [3.63, 3.8) is 0 Å². The van der Waals surface area contributed by atoms with E-state index in [0.29, 0.717) is 6.29 Å². The highest BCUT2D eigenvalue weighted by Gasteiger charge is 2.39. The second-order valence-corrected chi connectivity index (χ2v) is 3.68. The van der Waals surface area contributed by atoms with Crippen LogP contribution in [0.3, 0.4) is 0 Å². The zero-order chi connectivity index (χ0) is 11.8. The summed E-state index contributed by atoms with van der Waals surface area (Å²) in [6.45, 7) is -0.450. The summed E-state index contributed by atoms with van der Waals surface area (Å²) >= 11 is 0. The number of alkyl halides is 2. The molecule has 0 N–H and O–H groups in total.